The Morgan fingerprint density at radius 2 is 1.95 bits per heavy atom. The fourth-order valence-corrected chi connectivity index (χ4v) is 2.61. The monoisotopic (exact) mass is 408 g/mol. The van der Waals surface area contributed by atoms with Gasteiger partial charge in [0.15, 0.2) is 0 Å². The summed E-state index contributed by atoms with van der Waals surface area (Å²) in [6.45, 7) is 0. The van der Waals surface area contributed by atoms with Gasteiger partial charge >= 0.3 is 0 Å². The molecular weight excluding hydrogens is 383 g/mol. The van der Waals surface area contributed by atoms with Crippen LogP contribution in [0.15, 0.2) is 18.2 Å². The molecule has 1 aromatic rings. The smallest absolute Gasteiger partial charge is 0.133 e. The van der Waals surface area contributed by atoms with Gasteiger partial charge in [-0.1, -0.05) is 12.1 Å². The fourth-order valence-electron chi connectivity index (χ4n) is 2.61. The van der Waals surface area contributed by atoms with Crippen molar-refractivity contribution in [2.75, 3.05) is 28.2 Å². The summed E-state index contributed by atoms with van der Waals surface area (Å²) in [5, 5.41) is 20.8. The van der Waals surface area contributed by atoms with E-state index in [1.54, 1.807) is 6.07 Å². The zero-order valence-corrected chi connectivity index (χ0v) is 15.4. The van der Waals surface area contributed by atoms with Gasteiger partial charge in [0.25, 0.3) is 0 Å². The number of halogens is 1. The number of benzene rings is 1. The van der Waals surface area contributed by atoms with E-state index >= 15 is 0 Å². The van der Waals surface area contributed by atoms with E-state index in [1.165, 1.54) is 31.0 Å². The second-order valence-electron chi connectivity index (χ2n) is 5.91. The van der Waals surface area contributed by atoms with Gasteiger partial charge in [0.1, 0.15) is 17.9 Å². The molecule has 1 aliphatic rings. The maximum atomic E-state index is 9.83. The third-order valence-electron chi connectivity index (χ3n) is 3.59. The summed E-state index contributed by atoms with van der Waals surface area (Å²) in [6, 6.07) is 6.46. The first-order valence-corrected chi connectivity index (χ1v) is 6.78. The lowest BCUT2D eigenvalue weighted by molar-refractivity contribution is -0.903. The van der Waals surface area contributed by atoms with Crippen LogP contribution in [0.25, 0.3) is 0 Å². The molecule has 6 heteroatoms. The zero-order valence-electron chi connectivity index (χ0n) is 13.0. The Balaban J connectivity index is 0.000000583. The standard InChI is InChI=1S/C13H19NO.C2H5NO2.HI/c1-14(2,3)12-8-4-7-11-10(12)6-5-9-13(11)15;1-3-2(4)5;/h5-6,9,12H,4,7-8H2,1-3H3;3H,1H3,(H,4,5);1H. The number of aromatic hydroxyl groups is 1. The highest BCUT2D eigenvalue weighted by atomic mass is 127. The van der Waals surface area contributed by atoms with E-state index in [2.05, 4.69) is 27.2 Å². The van der Waals surface area contributed by atoms with Crippen LogP contribution in [0.1, 0.15) is 30.0 Å². The Morgan fingerprint density at radius 3 is 2.43 bits per heavy atom. The van der Waals surface area contributed by atoms with Crippen molar-refractivity contribution in [2.24, 2.45) is 0 Å². The quantitative estimate of drug-likeness (QED) is 0.548. The maximum Gasteiger partial charge on any atom is 0.133 e. The third-order valence-corrected chi connectivity index (χ3v) is 3.59. The largest absolute Gasteiger partial charge is 0.530 e. The predicted octanol–water partition coefficient (Wildman–Crippen LogP) is 1.64. The average Bonchev–Trinajstić information content (AvgIpc) is 2.38. The lowest BCUT2D eigenvalue weighted by Crippen LogP contribution is -2.40. The second-order valence-corrected chi connectivity index (χ2v) is 5.91. The van der Waals surface area contributed by atoms with Crippen molar-refractivity contribution < 1.29 is 19.5 Å². The van der Waals surface area contributed by atoms with Crippen molar-refractivity contribution in [1.29, 1.82) is 0 Å². The Labute approximate surface area is 143 Å². The molecule has 0 saturated carbocycles. The Kier molecular flexibility index (Phi) is 8.02. The number of nitrogens with one attached hydrogen (secondary N) is 1. The highest BCUT2D eigenvalue weighted by Crippen LogP contribution is 2.39. The zero-order chi connectivity index (χ0) is 15.3. The number of hydrogen-bond donors (Lipinski definition) is 2. The molecule has 1 amide bonds. The van der Waals surface area contributed by atoms with Crippen LogP contribution in [-0.2, 0) is 6.42 Å². The second kappa shape index (κ2) is 8.43. The van der Waals surface area contributed by atoms with Gasteiger partial charge in [0.2, 0.25) is 0 Å². The molecule has 2 rings (SSSR count). The molecule has 0 aromatic heterocycles. The molecule has 0 fully saturated rings. The van der Waals surface area contributed by atoms with E-state index < -0.39 is 6.09 Å². The highest BCUT2D eigenvalue weighted by Gasteiger charge is 2.31. The van der Waals surface area contributed by atoms with Crippen LogP contribution in [0.3, 0.4) is 0 Å². The van der Waals surface area contributed by atoms with E-state index in [4.69, 9.17) is 9.90 Å². The first-order chi connectivity index (χ1) is 9.27. The van der Waals surface area contributed by atoms with Crippen LogP contribution >= 0.6 is 24.0 Å². The minimum Gasteiger partial charge on any atom is -0.530 e. The molecule has 1 atom stereocenters. The number of phenolic OH excluding ortho intramolecular Hbond substituents is 1. The molecule has 21 heavy (non-hydrogen) atoms. The summed E-state index contributed by atoms with van der Waals surface area (Å²) in [4.78, 5) is 9.15. The Hall–Kier alpha value is -1.02. The van der Waals surface area contributed by atoms with Crippen LogP contribution in [-0.4, -0.2) is 43.9 Å². The number of nitrogens with zero attached hydrogens (tertiary/aromatic N) is 1. The molecule has 0 spiro atoms. The van der Waals surface area contributed by atoms with E-state index in [0.717, 1.165) is 10.9 Å². The molecular formula is C15H25IN2O3. The van der Waals surface area contributed by atoms with Gasteiger partial charge in [-0.15, -0.1) is 24.0 Å². The number of carboxylic acid groups (broad SMARTS) is 1. The molecule has 1 unspecified atom stereocenters. The summed E-state index contributed by atoms with van der Waals surface area (Å²) in [7, 11) is 7.97. The number of hydrogen-bond acceptors (Lipinski definition) is 3. The molecule has 1 aromatic carbocycles. The van der Waals surface area contributed by atoms with Gasteiger partial charge in [-0.05, 0) is 18.9 Å². The number of rotatable bonds is 1. The molecule has 0 radical (unpaired) electrons. The van der Waals surface area contributed by atoms with Gasteiger partial charge < -0.3 is 24.8 Å². The van der Waals surface area contributed by atoms with Gasteiger partial charge in [-0.25, -0.2) is 0 Å². The number of amides is 1. The maximum absolute atomic E-state index is 9.83. The topological polar surface area (TPSA) is 72.4 Å². The average molecular weight is 408 g/mol. The predicted molar refractivity (Wildman–Crippen MR) is 91.7 cm³/mol. The molecule has 5 nitrogen and oxygen atoms in total. The van der Waals surface area contributed by atoms with Crippen molar-refractivity contribution in [2.45, 2.75) is 25.3 Å². The van der Waals surface area contributed by atoms with Gasteiger partial charge in [-0.3, -0.25) is 0 Å². The molecule has 120 valence electrons. The van der Waals surface area contributed by atoms with Crippen LogP contribution < -0.4 is 10.4 Å². The lowest BCUT2D eigenvalue weighted by atomic mass is 9.85. The number of carbonyl (C=O) groups is 1. The first kappa shape index (κ1) is 20.0. The van der Waals surface area contributed by atoms with E-state index in [-0.39, 0.29) is 24.0 Å². The summed E-state index contributed by atoms with van der Waals surface area (Å²) < 4.78 is 0.941. The summed E-state index contributed by atoms with van der Waals surface area (Å²) in [6.07, 6.45) is 2.19. The SMILES string of the molecule is CNC(=O)[O-].C[N+](C)(C)C1CCCc2c(O)cccc21.I. The van der Waals surface area contributed by atoms with Gasteiger partial charge in [0, 0.05) is 24.6 Å². The molecule has 0 aliphatic heterocycles. The van der Waals surface area contributed by atoms with Gasteiger partial charge in [-0.2, -0.15) is 0 Å². The fraction of sp³-hybridized carbons (Fsp3) is 0.533. The highest BCUT2D eigenvalue weighted by molar-refractivity contribution is 14.0. The Morgan fingerprint density at radius 1 is 1.38 bits per heavy atom. The number of quaternary nitrogens is 1. The van der Waals surface area contributed by atoms with E-state index in [9.17, 15) is 5.11 Å². The first-order valence-electron chi connectivity index (χ1n) is 6.78. The van der Waals surface area contributed by atoms with Crippen LogP contribution in [0.4, 0.5) is 4.79 Å². The summed E-state index contributed by atoms with van der Waals surface area (Å²) in [5.74, 6) is 0.477. The minimum absolute atomic E-state index is 0. The Bertz CT molecular complexity index is 472. The van der Waals surface area contributed by atoms with Crippen molar-refractivity contribution >= 4 is 30.1 Å². The van der Waals surface area contributed by atoms with Gasteiger partial charge in [0.05, 0.1) is 21.1 Å². The van der Waals surface area contributed by atoms with Crippen molar-refractivity contribution in [3.63, 3.8) is 0 Å². The molecule has 0 saturated heterocycles. The van der Waals surface area contributed by atoms with Crippen LogP contribution in [0.2, 0.25) is 0 Å². The van der Waals surface area contributed by atoms with Crippen molar-refractivity contribution in [1.82, 2.24) is 5.32 Å². The number of fused-ring (bicyclic) bond motifs is 1. The van der Waals surface area contributed by atoms with Crippen LogP contribution in [0, 0.1) is 0 Å². The molecule has 1 aliphatic carbocycles. The summed E-state index contributed by atoms with van der Waals surface area (Å²) >= 11 is 0. The summed E-state index contributed by atoms with van der Waals surface area (Å²) in [5.41, 5.74) is 2.51. The van der Waals surface area contributed by atoms with E-state index in [1.807, 2.05) is 11.4 Å². The molecule has 2 N–H and O–H groups in total. The van der Waals surface area contributed by atoms with Crippen LogP contribution in [0.5, 0.6) is 5.75 Å². The van der Waals surface area contributed by atoms with E-state index in [0.29, 0.717) is 11.8 Å². The molecule has 0 bridgehead atoms. The molecule has 0 heterocycles. The minimum atomic E-state index is -1.25. The normalized spacial score (nSPS) is 16.7. The lowest BCUT2D eigenvalue weighted by Gasteiger charge is -2.38. The third kappa shape index (κ3) is 5.70. The number of phenols is 1. The van der Waals surface area contributed by atoms with Crippen molar-refractivity contribution in [3.05, 3.63) is 29.3 Å². The van der Waals surface area contributed by atoms with Crippen molar-refractivity contribution in [3.8, 4) is 5.75 Å². The number of carbonyl (C=O) groups excluding carboxylic acids is 1.